The number of phenols is 1. The molecule has 0 unspecified atom stereocenters. The predicted molar refractivity (Wildman–Crippen MR) is 68.7 cm³/mol. The van der Waals surface area contributed by atoms with Crippen LogP contribution < -0.4 is 5.32 Å². The molecule has 1 rings (SSSR count). The number of likely N-dealkylation sites (N-methyl/N-ethyl adjacent to an activating group) is 1. The molecule has 2 N–H and O–H groups in total. The van der Waals surface area contributed by atoms with Crippen molar-refractivity contribution in [1.29, 1.82) is 0 Å². The van der Waals surface area contributed by atoms with E-state index in [1.54, 1.807) is 18.2 Å². The van der Waals surface area contributed by atoms with E-state index in [0.717, 1.165) is 5.56 Å². The number of ether oxygens (including phenoxy) is 1. The maximum absolute atomic E-state index is 11.2. The van der Waals surface area contributed by atoms with E-state index in [1.165, 1.54) is 7.11 Å². The number of nitrogens with one attached hydrogen (secondary N) is 1. The van der Waals surface area contributed by atoms with Crippen LogP contribution in [0.25, 0.3) is 0 Å². The van der Waals surface area contributed by atoms with Crippen molar-refractivity contribution >= 4 is 18.4 Å². The van der Waals surface area contributed by atoms with E-state index in [1.807, 2.05) is 13.1 Å². The number of halogens is 1. The lowest BCUT2D eigenvalue weighted by Gasteiger charge is -2.15. The zero-order valence-corrected chi connectivity index (χ0v) is 10.8. The van der Waals surface area contributed by atoms with Crippen LogP contribution in [0.3, 0.4) is 0 Å². The number of carbonyl (C=O) groups excluding carboxylic acids is 1. The van der Waals surface area contributed by atoms with Crippen LogP contribution in [0, 0.1) is 0 Å². The lowest BCUT2D eigenvalue weighted by atomic mass is 9.95. The van der Waals surface area contributed by atoms with Gasteiger partial charge in [0.05, 0.1) is 13.5 Å². The first-order valence-corrected chi connectivity index (χ1v) is 5.17. The van der Waals surface area contributed by atoms with Crippen molar-refractivity contribution in [2.24, 2.45) is 0 Å². The molecule has 0 radical (unpaired) electrons. The van der Waals surface area contributed by atoms with Crippen molar-refractivity contribution in [3.63, 3.8) is 0 Å². The lowest BCUT2D eigenvalue weighted by Crippen LogP contribution is -2.20. The summed E-state index contributed by atoms with van der Waals surface area (Å²) in [5.41, 5.74) is 0.930. The van der Waals surface area contributed by atoms with Gasteiger partial charge in [0.15, 0.2) is 0 Å². The Hall–Kier alpha value is -1.26. The molecule has 0 spiro atoms. The van der Waals surface area contributed by atoms with E-state index in [4.69, 9.17) is 0 Å². The number of rotatable bonds is 5. The molecule has 0 aliphatic carbocycles. The van der Waals surface area contributed by atoms with Gasteiger partial charge >= 0.3 is 5.97 Å². The number of hydrogen-bond acceptors (Lipinski definition) is 4. The number of carbonyl (C=O) groups is 1. The van der Waals surface area contributed by atoms with Crippen molar-refractivity contribution in [2.75, 3.05) is 20.7 Å². The first-order valence-electron chi connectivity index (χ1n) is 5.17. The fourth-order valence-corrected chi connectivity index (χ4v) is 1.62. The van der Waals surface area contributed by atoms with Crippen LogP contribution >= 0.6 is 12.4 Å². The molecule has 0 saturated heterocycles. The highest BCUT2D eigenvalue weighted by Gasteiger charge is 2.16. The van der Waals surface area contributed by atoms with E-state index in [-0.39, 0.29) is 30.0 Å². The lowest BCUT2D eigenvalue weighted by molar-refractivity contribution is -0.141. The normalized spacial score (nSPS) is 11.4. The Morgan fingerprint density at radius 3 is 2.76 bits per heavy atom. The van der Waals surface area contributed by atoms with Gasteiger partial charge < -0.3 is 15.2 Å². The summed E-state index contributed by atoms with van der Waals surface area (Å²) in [4.78, 5) is 11.2. The summed E-state index contributed by atoms with van der Waals surface area (Å²) >= 11 is 0. The van der Waals surface area contributed by atoms with Crippen molar-refractivity contribution in [3.8, 4) is 5.75 Å². The summed E-state index contributed by atoms with van der Waals surface area (Å²) in [6.45, 7) is 0.665. The number of benzene rings is 1. The minimum absolute atomic E-state index is 0. The molecule has 0 aliphatic rings. The van der Waals surface area contributed by atoms with Crippen LogP contribution in [-0.2, 0) is 9.53 Å². The molecule has 1 aromatic rings. The minimum Gasteiger partial charge on any atom is -0.508 e. The molecule has 17 heavy (non-hydrogen) atoms. The van der Waals surface area contributed by atoms with E-state index >= 15 is 0 Å². The average molecular weight is 260 g/mol. The second-order valence-electron chi connectivity index (χ2n) is 3.63. The number of hydrogen-bond donors (Lipinski definition) is 2. The Morgan fingerprint density at radius 2 is 2.24 bits per heavy atom. The number of methoxy groups -OCH3 is 1. The monoisotopic (exact) mass is 259 g/mol. The topological polar surface area (TPSA) is 58.6 Å². The van der Waals surface area contributed by atoms with Gasteiger partial charge in [0.2, 0.25) is 0 Å². The molecular formula is C12H18ClNO3. The Morgan fingerprint density at radius 1 is 1.53 bits per heavy atom. The van der Waals surface area contributed by atoms with E-state index in [0.29, 0.717) is 13.0 Å². The van der Waals surface area contributed by atoms with Gasteiger partial charge in [-0.3, -0.25) is 4.79 Å². The number of aromatic hydroxyl groups is 1. The van der Waals surface area contributed by atoms with Gasteiger partial charge in [-0.1, -0.05) is 12.1 Å². The van der Waals surface area contributed by atoms with Gasteiger partial charge in [0.1, 0.15) is 5.75 Å². The molecule has 0 bridgehead atoms. The SMILES string of the molecule is CNC[C@@H](CC(=O)OC)c1cccc(O)c1.Cl. The Bertz CT molecular complexity index is 357. The van der Waals surface area contributed by atoms with Crippen LogP contribution in [0.15, 0.2) is 24.3 Å². The van der Waals surface area contributed by atoms with Crippen molar-refractivity contribution < 1.29 is 14.6 Å². The van der Waals surface area contributed by atoms with E-state index in [9.17, 15) is 9.90 Å². The summed E-state index contributed by atoms with van der Waals surface area (Å²) in [6.07, 6.45) is 0.306. The van der Waals surface area contributed by atoms with Crippen molar-refractivity contribution in [2.45, 2.75) is 12.3 Å². The van der Waals surface area contributed by atoms with E-state index < -0.39 is 0 Å². The Balaban J connectivity index is 0.00000256. The smallest absolute Gasteiger partial charge is 0.306 e. The molecular weight excluding hydrogens is 242 g/mol. The molecule has 0 aliphatic heterocycles. The average Bonchev–Trinajstić information content (AvgIpc) is 2.28. The molecule has 96 valence electrons. The van der Waals surface area contributed by atoms with Gasteiger partial charge in [-0.2, -0.15) is 0 Å². The maximum atomic E-state index is 11.2. The first-order chi connectivity index (χ1) is 7.67. The molecule has 1 aromatic carbocycles. The Labute approximate surface area is 107 Å². The van der Waals surface area contributed by atoms with Gasteiger partial charge in [0.25, 0.3) is 0 Å². The zero-order valence-electron chi connectivity index (χ0n) is 9.97. The molecule has 0 heterocycles. The van der Waals surface area contributed by atoms with Crippen molar-refractivity contribution in [3.05, 3.63) is 29.8 Å². The summed E-state index contributed by atoms with van der Waals surface area (Å²) in [5.74, 6) is -0.0170. The van der Waals surface area contributed by atoms with Crippen LogP contribution in [0.1, 0.15) is 17.9 Å². The highest BCUT2D eigenvalue weighted by atomic mass is 35.5. The highest BCUT2D eigenvalue weighted by molar-refractivity contribution is 5.85. The number of phenolic OH excluding ortho intramolecular Hbond substituents is 1. The second-order valence-corrected chi connectivity index (χ2v) is 3.63. The summed E-state index contributed by atoms with van der Waals surface area (Å²) < 4.78 is 4.65. The van der Waals surface area contributed by atoms with Crippen LogP contribution in [0.4, 0.5) is 0 Å². The molecule has 0 amide bonds. The largest absolute Gasteiger partial charge is 0.508 e. The third kappa shape index (κ3) is 5.06. The molecule has 4 nitrogen and oxygen atoms in total. The summed E-state index contributed by atoms with van der Waals surface area (Å²) in [5, 5.41) is 12.4. The zero-order chi connectivity index (χ0) is 12.0. The predicted octanol–water partition coefficient (Wildman–Crippen LogP) is 1.68. The summed E-state index contributed by atoms with van der Waals surface area (Å²) in [6, 6.07) is 6.94. The minimum atomic E-state index is -0.247. The van der Waals surface area contributed by atoms with Gasteiger partial charge in [-0.25, -0.2) is 0 Å². The first kappa shape index (κ1) is 15.7. The second kappa shape index (κ2) is 7.92. The fourth-order valence-electron chi connectivity index (χ4n) is 1.62. The van der Waals surface area contributed by atoms with Crippen LogP contribution in [0.5, 0.6) is 5.75 Å². The van der Waals surface area contributed by atoms with Crippen molar-refractivity contribution in [1.82, 2.24) is 5.32 Å². The van der Waals surface area contributed by atoms with Gasteiger partial charge in [-0.15, -0.1) is 12.4 Å². The van der Waals surface area contributed by atoms with Gasteiger partial charge in [0, 0.05) is 12.5 Å². The molecule has 0 saturated carbocycles. The Kier molecular flexibility index (Phi) is 7.34. The quantitative estimate of drug-likeness (QED) is 0.790. The molecule has 0 fully saturated rings. The summed E-state index contributed by atoms with van der Waals surface area (Å²) in [7, 11) is 3.20. The fraction of sp³-hybridized carbons (Fsp3) is 0.417. The standard InChI is InChI=1S/C12H17NO3.ClH/c1-13-8-10(7-12(15)16-2)9-4-3-5-11(14)6-9;/h3-6,10,13-14H,7-8H2,1-2H3;1H/t10-;/m1./s1. The number of esters is 1. The van der Waals surface area contributed by atoms with Gasteiger partial charge in [-0.05, 0) is 24.7 Å². The molecule has 5 heteroatoms. The highest BCUT2D eigenvalue weighted by Crippen LogP contribution is 2.22. The maximum Gasteiger partial charge on any atom is 0.306 e. The molecule has 0 aromatic heterocycles. The van der Waals surface area contributed by atoms with E-state index in [2.05, 4.69) is 10.1 Å². The van der Waals surface area contributed by atoms with Crippen LogP contribution in [-0.4, -0.2) is 31.8 Å². The van der Waals surface area contributed by atoms with Crippen LogP contribution in [0.2, 0.25) is 0 Å². The third-order valence-electron chi connectivity index (χ3n) is 2.43. The third-order valence-corrected chi connectivity index (χ3v) is 2.43. The molecule has 1 atom stereocenters.